The van der Waals surface area contributed by atoms with E-state index >= 15 is 0 Å². The molecule has 1 heterocycles. The molecule has 0 spiro atoms. The second-order valence-corrected chi connectivity index (χ2v) is 7.52. The Morgan fingerprint density at radius 2 is 1.67 bits per heavy atom. The maximum atomic E-state index is 12.5. The average molecular weight is 429 g/mol. The molecule has 0 radical (unpaired) electrons. The number of amides is 3. The first kappa shape index (κ1) is 21.5. The molecule has 2 N–H and O–H groups in total. The number of nitrogens with zero attached hydrogens (tertiary/aromatic N) is 1. The molecule has 3 amide bonds. The summed E-state index contributed by atoms with van der Waals surface area (Å²) in [5, 5.41) is 5.58. The summed E-state index contributed by atoms with van der Waals surface area (Å²) in [6, 6.07) is 12.0. The number of nitrogens with one attached hydrogen (secondary N) is 2. The van der Waals surface area contributed by atoms with Crippen molar-refractivity contribution in [2.24, 2.45) is 0 Å². The van der Waals surface area contributed by atoms with Crippen LogP contribution in [0.15, 0.2) is 42.5 Å². The van der Waals surface area contributed by atoms with Crippen LogP contribution in [0.5, 0.6) is 11.5 Å². The van der Waals surface area contributed by atoms with E-state index in [4.69, 9.17) is 9.47 Å². The highest BCUT2D eigenvalue weighted by Gasteiger charge is 2.22. The Morgan fingerprint density at radius 3 is 2.23 bits per heavy atom. The first-order valence-corrected chi connectivity index (χ1v) is 10.3. The molecule has 2 aromatic carbocycles. The van der Waals surface area contributed by atoms with Gasteiger partial charge in [0.05, 0.1) is 25.6 Å². The molecule has 0 bridgehead atoms. The summed E-state index contributed by atoms with van der Waals surface area (Å²) < 4.78 is 10.8. The van der Waals surface area contributed by atoms with Gasteiger partial charge in [-0.05, 0) is 12.1 Å². The molecule has 0 saturated carbocycles. The smallest absolute Gasteiger partial charge is 0.281 e. The zero-order valence-corrected chi connectivity index (χ0v) is 17.6. The van der Waals surface area contributed by atoms with Gasteiger partial charge in [0.25, 0.3) is 11.1 Å². The molecule has 0 unspecified atom stereocenters. The number of hydrogen-bond acceptors (Lipinski definition) is 6. The third-order valence-corrected chi connectivity index (χ3v) is 5.43. The van der Waals surface area contributed by atoms with Crippen LogP contribution in [0.4, 0.5) is 16.2 Å². The molecule has 8 nitrogen and oxygen atoms in total. The van der Waals surface area contributed by atoms with E-state index in [2.05, 4.69) is 10.6 Å². The molecule has 1 saturated heterocycles. The van der Waals surface area contributed by atoms with Crippen molar-refractivity contribution in [3.63, 3.8) is 0 Å². The summed E-state index contributed by atoms with van der Waals surface area (Å²) in [5.41, 5.74) is 1.34. The van der Waals surface area contributed by atoms with Crippen molar-refractivity contribution < 1.29 is 23.9 Å². The van der Waals surface area contributed by atoms with Gasteiger partial charge in [-0.3, -0.25) is 14.4 Å². The van der Waals surface area contributed by atoms with Crippen molar-refractivity contribution in [1.29, 1.82) is 0 Å². The predicted molar refractivity (Wildman–Crippen MR) is 117 cm³/mol. The average Bonchev–Trinajstić information content (AvgIpc) is 3.18. The van der Waals surface area contributed by atoms with Crippen molar-refractivity contribution in [3.05, 3.63) is 48.0 Å². The summed E-state index contributed by atoms with van der Waals surface area (Å²) in [4.78, 5) is 38.1. The predicted octanol–water partition coefficient (Wildman–Crippen LogP) is 3.45. The van der Waals surface area contributed by atoms with Crippen LogP contribution in [0.3, 0.4) is 0 Å². The number of ether oxygens (including phenoxy) is 2. The monoisotopic (exact) mass is 429 g/mol. The highest BCUT2D eigenvalue weighted by molar-refractivity contribution is 8.13. The maximum Gasteiger partial charge on any atom is 0.281 e. The summed E-state index contributed by atoms with van der Waals surface area (Å²) >= 11 is 1.26. The summed E-state index contributed by atoms with van der Waals surface area (Å²) in [6.45, 7) is 1.02. The Labute approximate surface area is 178 Å². The first-order chi connectivity index (χ1) is 14.5. The van der Waals surface area contributed by atoms with Crippen molar-refractivity contribution in [2.45, 2.75) is 6.42 Å². The molecular weight excluding hydrogens is 406 g/mol. The molecule has 30 heavy (non-hydrogen) atoms. The molecule has 9 heteroatoms. The lowest BCUT2D eigenvalue weighted by molar-refractivity contribution is -0.116. The summed E-state index contributed by atoms with van der Waals surface area (Å²) in [5.74, 6) is 0.964. The van der Waals surface area contributed by atoms with Crippen LogP contribution in [0, 0.1) is 0 Å². The highest BCUT2D eigenvalue weighted by Crippen LogP contribution is 2.36. The normalized spacial score (nSPS) is 13.1. The quantitative estimate of drug-likeness (QED) is 0.667. The fourth-order valence-corrected chi connectivity index (χ4v) is 3.81. The van der Waals surface area contributed by atoms with Gasteiger partial charge in [0.1, 0.15) is 11.5 Å². The molecule has 3 rings (SSSR count). The van der Waals surface area contributed by atoms with Gasteiger partial charge in [0.2, 0.25) is 5.91 Å². The lowest BCUT2D eigenvalue weighted by Gasteiger charge is -2.17. The van der Waals surface area contributed by atoms with Crippen LogP contribution >= 0.6 is 11.8 Å². The Balaban J connectivity index is 1.71. The van der Waals surface area contributed by atoms with Crippen LogP contribution in [-0.2, 0) is 4.79 Å². The summed E-state index contributed by atoms with van der Waals surface area (Å²) in [6.07, 6.45) is 0.171. The van der Waals surface area contributed by atoms with Crippen LogP contribution in [-0.4, -0.2) is 55.0 Å². The maximum absolute atomic E-state index is 12.5. The van der Waals surface area contributed by atoms with E-state index in [1.165, 1.54) is 26.0 Å². The second kappa shape index (κ2) is 10.0. The number of benzene rings is 2. The lowest BCUT2D eigenvalue weighted by Crippen LogP contribution is -2.27. The van der Waals surface area contributed by atoms with E-state index in [1.807, 2.05) is 6.07 Å². The van der Waals surface area contributed by atoms with E-state index in [1.54, 1.807) is 41.3 Å². The molecule has 1 aliphatic rings. The molecule has 0 aromatic heterocycles. The van der Waals surface area contributed by atoms with Crippen LogP contribution < -0.4 is 20.1 Å². The van der Waals surface area contributed by atoms with Gasteiger partial charge < -0.3 is 25.0 Å². The van der Waals surface area contributed by atoms with Gasteiger partial charge in [-0.15, -0.1) is 0 Å². The van der Waals surface area contributed by atoms with Gasteiger partial charge in [-0.1, -0.05) is 30.0 Å². The van der Waals surface area contributed by atoms with E-state index in [-0.39, 0.29) is 23.5 Å². The molecule has 1 aliphatic heterocycles. The Morgan fingerprint density at radius 1 is 1.03 bits per heavy atom. The van der Waals surface area contributed by atoms with Gasteiger partial charge >= 0.3 is 0 Å². The Hall–Kier alpha value is -3.20. The van der Waals surface area contributed by atoms with Gasteiger partial charge in [-0.2, -0.15) is 0 Å². The summed E-state index contributed by atoms with van der Waals surface area (Å²) in [7, 11) is 2.95. The molecule has 2 aromatic rings. The molecule has 158 valence electrons. The van der Waals surface area contributed by atoms with E-state index < -0.39 is 0 Å². The topological polar surface area (TPSA) is 97.0 Å². The minimum Gasteiger partial charge on any atom is -0.494 e. The highest BCUT2D eigenvalue weighted by atomic mass is 32.2. The zero-order chi connectivity index (χ0) is 21.5. The molecule has 0 aliphatic carbocycles. The minimum absolute atomic E-state index is 0.000519. The minimum atomic E-state index is -0.291. The van der Waals surface area contributed by atoms with Crippen LogP contribution in [0.25, 0.3) is 0 Å². The molecule has 0 atom stereocenters. The second-order valence-electron chi connectivity index (χ2n) is 6.47. The van der Waals surface area contributed by atoms with Crippen molar-refractivity contribution >= 4 is 40.2 Å². The number of hydrogen-bond donors (Lipinski definition) is 2. The number of anilines is 2. The van der Waals surface area contributed by atoms with Crippen molar-refractivity contribution in [2.75, 3.05) is 43.7 Å². The SMILES string of the molecule is COc1cc(NC(=O)c2ccccc2)c(OC)cc1NC(=O)CCN1CCSC1=O. The van der Waals surface area contributed by atoms with E-state index in [0.717, 1.165) is 5.75 Å². The van der Waals surface area contributed by atoms with Crippen LogP contribution in [0.1, 0.15) is 16.8 Å². The largest absolute Gasteiger partial charge is 0.494 e. The third kappa shape index (κ3) is 5.24. The lowest BCUT2D eigenvalue weighted by atomic mass is 10.2. The number of carbonyl (C=O) groups excluding carboxylic acids is 3. The van der Waals surface area contributed by atoms with Crippen molar-refractivity contribution in [3.8, 4) is 11.5 Å². The van der Waals surface area contributed by atoms with Gasteiger partial charge in [0, 0.05) is 43.0 Å². The third-order valence-electron chi connectivity index (χ3n) is 4.53. The first-order valence-electron chi connectivity index (χ1n) is 9.35. The van der Waals surface area contributed by atoms with E-state index in [0.29, 0.717) is 41.5 Å². The Kier molecular flexibility index (Phi) is 7.18. The molecule has 1 fully saturated rings. The van der Waals surface area contributed by atoms with Crippen molar-refractivity contribution in [1.82, 2.24) is 4.90 Å². The number of thioether (sulfide) groups is 1. The number of methoxy groups -OCH3 is 2. The standard InChI is InChI=1S/C21H23N3O5S/c1-28-17-13-16(23-20(26)14-6-4-3-5-7-14)18(29-2)12-15(17)22-19(25)8-9-24-10-11-30-21(24)27/h3-7,12-13H,8-11H2,1-2H3,(H,22,25)(H,23,26). The zero-order valence-electron chi connectivity index (χ0n) is 16.8. The number of rotatable bonds is 8. The van der Waals surface area contributed by atoms with Crippen LogP contribution in [0.2, 0.25) is 0 Å². The fraction of sp³-hybridized carbons (Fsp3) is 0.286. The Bertz CT molecular complexity index is 936. The van der Waals surface area contributed by atoms with Gasteiger partial charge in [0.15, 0.2) is 0 Å². The number of carbonyl (C=O) groups is 3. The van der Waals surface area contributed by atoms with Gasteiger partial charge in [-0.25, -0.2) is 0 Å². The van der Waals surface area contributed by atoms with E-state index in [9.17, 15) is 14.4 Å². The fourth-order valence-electron chi connectivity index (χ4n) is 2.96. The molecular formula is C21H23N3O5S.